The molecule has 3 heterocycles. The summed E-state index contributed by atoms with van der Waals surface area (Å²) in [6, 6.07) is 2.18. The number of aromatic nitrogens is 2. The predicted octanol–water partition coefficient (Wildman–Crippen LogP) is 3.01. The summed E-state index contributed by atoms with van der Waals surface area (Å²) in [6.07, 6.45) is 3.96. The normalized spacial score (nSPS) is 16.3. The van der Waals surface area contributed by atoms with Crippen LogP contribution in [0.4, 0.5) is 0 Å². The van der Waals surface area contributed by atoms with Crippen LogP contribution in [0.3, 0.4) is 0 Å². The van der Waals surface area contributed by atoms with Gasteiger partial charge in [-0.15, -0.1) is 0 Å². The van der Waals surface area contributed by atoms with Gasteiger partial charge in [-0.05, 0) is 42.2 Å². The first-order valence-corrected chi connectivity index (χ1v) is 9.68. The number of thiophene rings is 1. The number of carbonyl (C=O) groups excluding carboxylic acids is 1. The van der Waals surface area contributed by atoms with Gasteiger partial charge in [-0.3, -0.25) is 14.4 Å². The van der Waals surface area contributed by atoms with E-state index < -0.39 is 0 Å². The molecule has 0 bridgehead atoms. The molecule has 1 aliphatic rings. The van der Waals surface area contributed by atoms with Crippen LogP contribution < -0.4 is 0 Å². The average molecular weight is 347 g/mol. The van der Waals surface area contributed by atoms with Crippen LogP contribution in [0.5, 0.6) is 0 Å². The molecule has 0 aromatic carbocycles. The molecule has 130 valence electrons. The SMILES string of the molecule is CCCn1cc(C(=O)N2CCCN(Cc3ccsc3)CC2)c(C)n1. The maximum Gasteiger partial charge on any atom is 0.257 e. The zero-order chi connectivity index (χ0) is 16.9. The maximum atomic E-state index is 12.9. The van der Waals surface area contributed by atoms with Gasteiger partial charge in [-0.1, -0.05) is 6.92 Å². The number of carbonyl (C=O) groups is 1. The van der Waals surface area contributed by atoms with Crippen LogP contribution in [-0.2, 0) is 13.1 Å². The first-order valence-electron chi connectivity index (χ1n) is 8.74. The molecule has 0 saturated carbocycles. The van der Waals surface area contributed by atoms with Crippen molar-refractivity contribution in [2.75, 3.05) is 26.2 Å². The third-order valence-electron chi connectivity index (χ3n) is 4.49. The van der Waals surface area contributed by atoms with Gasteiger partial charge in [0.15, 0.2) is 0 Å². The minimum Gasteiger partial charge on any atom is -0.337 e. The monoisotopic (exact) mass is 346 g/mol. The standard InChI is InChI=1S/C18H26N4OS/c1-3-6-22-13-17(15(2)19-22)18(23)21-8-4-7-20(9-10-21)12-16-5-11-24-14-16/h5,11,13-14H,3-4,6-10,12H2,1-2H3. The molecular formula is C18H26N4OS. The van der Waals surface area contributed by atoms with E-state index in [9.17, 15) is 4.79 Å². The second kappa shape index (κ2) is 7.94. The second-order valence-electron chi connectivity index (χ2n) is 6.44. The topological polar surface area (TPSA) is 41.4 Å². The molecule has 0 unspecified atom stereocenters. The summed E-state index contributed by atoms with van der Waals surface area (Å²) < 4.78 is 1.89. The van der Waals surface area contributed by atoms with Gasteiger partial charge < -0.3 is 4.90 Å². The lowest BCUT2D eigenvalue weighted by Gasteiger charge is -2.21. The Balaban J connectivity index is 1.62. The molecular weight excluding hydrogens is 320 g/mol. The second-order valence-corrected chi connectivity index (χ2v) is 7.22. The number of amides is 1. The molecule has 0 N–H and O–H groups in total. The van der Waals surface area contributed by atoms with E-state index >= 15 is 0 Å². The molecule has 5 nitrogen and oxygen atoms in total. The summed E-state index contributed by atoms with van der Waals surface area (Å²) in [7, 11) is 0. The van der Waals surface area contributed by atoms with Crippen molar-refractivity contribution in [3.8, 4) is 0 Å². The molecule has 2 aromatic rings. The zero-order valence-corrected chi connectivity index (χ0v) is 15.4. The van der Waals surface area contributed by atoms with Gasteiger partial charge in [-0.25, -0.2) is 0 Å². The van der Waals surface area contributed by atoms with Crippen LogP contribution in [0.25, 0.3) is 0 Å². The van der Waals surface area contributed by atoms with Gasteiger partial charge in [0.25, 0.3) is 5.91 Å². The Bertz CT molecular complexity index is 665. The van der Waals surface area contributed by atoms with Gasteiger partial charge >= 0.3 is 0 Å². The van der Waals surface area contributed by atoms with Crippen LogP contribution in [-0.4, -0.2) is 51.7 Å². The van der Waals surface area contributed by atoms with Crippen molar-refractivity contribution in [2.45, 2.75) is 39.8 Å². The van der Waals surface area contributed by atoms with Gasteiger partial charge in [-0.2, -0.15) is 16.4 Å². The number of hydrogen-bond acceptors (Lipinski definition) is 4. The van der Waals surface area contributed by atoms with E-state index in [0.717, 1.165) is 63.4 Å². The van der Waals surface area contributed by atoms with Gasteiger partial charge in [0, 0.05) is 45.5 Å². The number of hydrogen-bond donors (Lipinski definition) is 0. The van der Waals surface area contributed by atoms with E-state index in [0.29, 0.717) is 0 Å². The van der Waals surface area contributed by atoms with Gasteiger partial charge in [0.2, 0.25) is 0 Å². The Labute approximate surface area is 147 Å². The van der Waals surface area contributed by atoms with Crippen LogP contribution >= 0.6 is 11.3 Å². The molecule has 6 heteroatoms. The molecule has 1 amide bonds. The Morgan fingerprint density at radius 3 is 2.92 bits per heavy atom. The van der Waals surface area contributed by atoms with E-state index in [1.807, 2.05) is 22.7 Å². The third-order valence-corrected chi connectivity index (χ3v) is 5.22. The minimum atomic E-state index is 0.132. The molecule has 2 aromatic heterocycles. The molecule has 24 heavy (non-hydrogen) atoms. The lowest BCUT2D eigenvalue weighted by Crippen LogP contribution is -2.35. The summed E-state index contributed by atoms with van der Waals surface area (Å²) in [5.74, 6) is 0.132. The van der Waals surface area contributed by atoms with E-state index in [1.54, 1.807) is 11.3 Å². The van der Waals surface area contributed by atoms with Crippen LogP contribution in [0.15, 0.2) is 23.0 Å². The molecule has 0 spiro atoms. The van der Waals surface area contributed by atoms with Gasteiger partial charge in [0.1, 0.15) is 0 Å². The smallest absolute Gasteiger partial charge is 0.257 e. The lowest BCUT2D eigenvalue weighted by molar-refractivity contribution is 0.0760. The summed E-state index contributed by atoms with van der Waals surface area (Å²) in [6.45, 7) is 9.51. The van der Waals surface area contributed by atoms with Crippen LogP contribution in [0.2, 0.25) is 0 Å². The van der Waals surface area contributed by atoms with Crippen molar-refractivity contribution in [2.24, 2.45) is 0 Å². The van der Waals surface area contributed by atoms with E-state index in [4.69, 9.17) is 0 Å². The summed E-state index contributed by atoms with van der Waals surface area (Å²) in [5, 5.41) is 8.80. The largest absolute Gasteiger partial charge is 0.337 e. The summed E-state index contributed by atoms with van der Waals surface area (Å²) >= 11 is 1.74. The minimum absolute atomic E-state index is 0.132. The molecule has 1 aliphatic heterocycles. The number of nitrogens with zero attached hydrogens (tertiary/aromatic N) is 4. The maximum absolute atomic E-state index is 12.9. The average Bonchev–Trinajstić information content (AvgIpc) is 3.12. The number of rotatable bonds is 5. The fourth-order valence-corrected chi connectivity index (χ4v) is 3.87. The highest BCUT2D eigenvalue weighted by molar-refractivity contribution is 7.07. The highest BCUT2D eigenvalue weighted by Crippen LogP contribution is 2.15. The molecule has 0 aliphatic carbocycles. The molecule has 1 fully saturated rings. The van der Waals surface area contributed by atoms with Crippen molar-refractivity contribution in [1.82, 2.24) is 19.6 Å². The molecule has 0 atom stereocenters. The first-order chi connectivity index (χ1) is 11.7. The fourth-order valence-electron chi connectivity index (χ4n) is 3.21. The lowest BCUT2D eigenvalue weighted by atomic mass is 10.2. The third kappa shape index (κ3) is 4.05. The van der Waals surface area contributed by atoms with Crippen molar-refractivity contribution >= 4 is 17.2 Å². The first kappa shape index (κ1) is 17.2. The van der Waals surface area contributed by atoms with Crippen molar-refractivity contribution in [1.29, 1.82) is 0 Å². The molecule has 0 radical (unpaired) electrons. The van der Waals surface area contributed by atoms with Crippen LogP contribution in [0.1, 0.15) is 41.4 Å². The fraction of sp³-hybridized carbons (Fsp3) is 0.556. The molecule has 1 saturated heterocycles. The van der Waals surface area contributed by atoms with Gasteiger partial charge in [0.05, 0.1) is 11.3 Å². The van der Waals surface area contributed by atoms with E-state index in [2.05, 4.69) is 33.7 Å². The van der Waals surface area contributed by atoms with Crippen molar-refractivity contribution in [3.05, 3.63) is 39.8 Å². The Kier molecular flexibility index (Phi) is 5.68. The van der Waals surface area contributed by atoms with E-state index in [1.165, 1.54) is 5.56 Å². The highest BCUT2D eigenvalue weighted by atomic mass is 32.1. The highest BCUT2D eigenvalue weighted by Gasteiger charge is 2.23. The van der Waals surface area contributed by atoms with E-state index in [-0.39, 0.29) is 5.91 Å². The quantitative estimate of drug-likeness (QED) is 0.836. The summed E-state index contributed by atoms with van der Waals surface area (Å²) in [4.78, 5) is 17.3. The Hall–Kier alpha value is -1.66. The number of aryl methyl sites for hydroxylation is 2. The zero-order valence-electron chi connectivity index (χ0n) is 14.6. The summed E-state index contributed by atoms with van der Waals surface area (Å²) in [5.41, 5.74) is 2.97. The predicted molar refractivity (Wildman–Crippen MR) is 97.4 cm³/mol. The van der Waals surface area contributed by atoms with Crippen molar-refractivity contribution in [3.63, 3.8) is 0 Å². The Morgan fingerprint density at radius 1 is 1.29 bits per heavy atom. The Morgan fingerprint density at radius 2 is 2.17 bits per heavy atom. The van der Waals surface area contributed by atoms with Crippen LogP contribution in [0, 0.1) is 6.92 Å². The van der Waals surface area contributed by atoms with Crippen molar-refractivity contribution < 1.29 is 4.79 Å². The molecule has 3 rings (SSSR count).